The number of rotatable bonds is 1. The fourth-order valence-electron chi connectivity index (χ4n) is 2.98. The standard InChI is InChI=1S/C16H16FN3O/c17-14-4-2-1-3-13(14)11-7-15-16(19-8-11)20-6-5-18-9-12(20)10-21-15/h1-4,7-8,12,18H,5-6,9-10H2. The zero-order valence-electron chi connectivity index (χ0n) is 11.6. The smallest absolute Gasteiger partial charge is 0.171 e. The van der Waals surface area contributed by atoms with Crippen molar-refractivity contribution in [1.82, 2.24) is 10.3 Å². The van der Waals surface area contributed by atoms with Gasteiger partial charge in [0.1, 0.15) is 12.4 Å². The first kappa shape index (κ1) is 12.6. The molecule has 3 heterocycles. The number of nitrogens with zero attached hydrogens (tertiary/aromatic N) is 2. The topological polar surface area (TPSA) is 37.4 Å². The molecule has 0 spiro atoms. The largest absolute Gasteiger partial charge is 0.487 e. The van der Waals surface area contributed by atoms with Gasteiger partial charge in [-0.3, -0.25) is 0 Å². The second-order valence-electron chi connectivity index (χ2n) is 5.39. The lowest BCUT2D eigenvalue weighted by atomic mass is 10.1. The monoisotopic (exact) mass is 285 g/mol. The SMILES string of the molecule is Fc1ccccc1-c1cnc2c(c1)OCC1CNCCN21. The van der Waals surface area contributed by atoms with Crippen molar-refractivity contribution in [1.29, 1.82) is 0 Å². The Kier molecular flexibility index (Phi) is 3.00. The molecule has 4 rings (SSSR count). The van der Waals surface area contributed by atoms with Gasteiger partial charge in [0.25, 0.3) is 0 Å². The third kappa shape index (κ3) is 2.14. The minimum atomic E-state index is -0.241. The van der Waals surface area contributed by atoms with Crippen molar-refractivity contribution in [3.8, 4) is 16.9 Å². The Bertz CT molecular complexity index is 676. The molecule has 0 saturated carbocycles. The van der Waals surface area contributed by atoms with E-state index in [0.717, 1.165) is 36.8 Å². The summed E-state index contributed by atoms with van der Waals surface area (Å²) in [6.07, 6.45) is 1.73. The lowest BCUT2D eigenvalue weighted by Gasteiger charge is -2.40. The van der Waals surface area contributed by atoms with Gasteiger partial charge in [0, 0.05) is 37.0 Å². The first-order chi connectivity index (χ1) is 10.3. The number of aromatic nitrogens is 1. The van der Waals surface area contributed by atoms with Crippen LogP contribution < -0.4 is 15.0 Å². The van der Waals surface area contributed by atoms with Gasteiger partial charge in [0.2, 0.25) is 0 Å². The van der Waals surface area contributed by atoms with E-state index in [1.165, 1.54) is 6.07 Å². The van der Waals surface area contributed by atoms with Crippen LogP contribution >= 0.6 is 0 Å². The van der Waals surface area contributed by atoms with Gasteiger partial charge in [-0.25, -0.2) is 9.37 Å². The van der Waals surface area contributed by atoms with Gasteiger partial charge in [-0.1, -0.05) is 18.2 Å². The van der Waals surface area contributed by atoms with Gasteiger partial charge in [0.15, 0.2) is 11.6 Å². The number of ether oxygens (including phenoxy) is 1. The number of nitrogens with one attached hydrogen (secondary N) is 1. The van der Waals surface area contributed by atoms with Gasteiger partial charge in [0.05, 0.1) is 6.04 Å². The molecule has 108 valence electrons. The fourth-order valence-corrected chi connectivity index (χ4v) is 2.98. The number of hydrogen-bond acceptors (Lipinski definition) is 4. The summed E-state index contributed by atoms with van der Waals surface area (Å²) in [6, 6.07) is 8.95. The molecule has 4 nitrogen and oxygen atoms in total. The van der Waals surface area contributed by atoms with Crippen LogP contribution in [0.2, 0.25) is 0 Å². The lowest BCUT2D eigenvalue weighted by molar-refractivity contribution is 0.244. The normalized spacial score (nSPS) is 20.4. The van der Waals surface area contributed by atoms with Gasteiger partial charge >= 0.3 is 0 Å². The van der Waals surface area contributed by atoms with Gasteiger partial charge < -0.3 is 15.0 Å². The molecule has 0 amide bonds. The molecule has 2 aliphatic rings. The molecule has 1 unspecified atom stereocenters. The highest BCUT2D eigenvalue weighted by molar-refractivity contribution is 5.69. The summed E-state index contributed by atoms with van der Waals surface area (Å²) in [6.45, 7) is 3.43. The molecular weight excluding hydrogens is 269 g/mol. The number of halogens is 1. The Morgan fingerprint density at radius 1 is 1.33 bits per heavy atom. The van der Waals surface area contributed by atoms with E-state index in [1.807, 2.05) is 12.1 Å². The summed E-state index contributed by atoms with van der Waals surface area (Å²) in [4.78, 5) is 6.81. The summed E-state index contributed by atoms with van der Waals surface area (Å²) in [7, 11) is 0. The average Bonchev–Trinajstić information content (AvgIpc) is 2.54. The minimum absolute atomic E-state index is 0.241. The van der Waals surface area contributed by atoms with E-state index in [1.54, 1.807) is 18.3 Å². The fraction of sp³-hybridized carbons (Fsp3) is 0.312. The van der Waals surface area contributed by atoms with Crippen molar-refractivity contribution >= 4 is 5.82 Å². The quantitative estimate of drug-likeness (QED) is 0.870. The van der Waals surface area contributed by atoms with Crippen LogP contribution in [-0.2, 0) is 0 Å². The van der Waals surface area contributed by atoms with E-state index in [0.29, 0.717) is 18.2 Å². The summed E-state index contributed by atoms with van der Waals surface area (Å²) < 4.78 is 19.7. The van der Waals surface area contributed by atoms with Crippen LogP contribution in [0.3, 0.4) is 0 Å². The highest BCUT2D eigenvalue weighted by atomic mass is 19.1. The number of piperazine rings is 1. The maximum Gasteiger partial charge on any atom is 0.171 e. The summed E-state index contributed by atoms with van der Waals surface area (Å²) in [5, 5.41) is 3.36. The minimum Gasteiger partial charge on any atom is -0.487 e. The van der Waals surface area contributed by atoms with Crippen molar-refractivity contribution in [2.45, 2.75) is 6.04 Å². The van der Waals surface area contributed by atoms with Crippen molar-refractivity contribution in [2.75, 3.05) is 31.1 Å². The van der Waals surface area contributed by atoms with E-state index < -0.39 is 0 Å². The molecule has 1 fully saturated rings. The van der Waals surface area contributed by atoms with E-state index in [9.17, 15) is 4.39 Å². The van der Waals surface area contributed by atoms with Gasteiger partial charge in [-0.15, -0.1) is 0 Å². The first-order valence-corrected chi connectivity index (χ1v) is 7.18. The molecule has 1 aromatic heterocycles. The molecular formula is C16H16FN3O. The molecule has 21 heavy (non-hydrogen) atoms. The van der Waals surface area contributed by atoms with Crippen molar-refractivity contribution in [3.63, 3.8) is 0 Å². The third-order valence-electron chi connectivity index (χ3n) is 4.07. The molecule has 0 radical (unpaired) electrons. The second kappa shape index (κ2) is 5.00. The van der Waals surface area contributed by atoms with Crippen LogP contribution in [0.5, 0.6) is 5.75 Å². The van der Waals surface area contributed by atoms with Crippen molar-refractivity contribution in [2.24, 2.45) is 0 Å². The van der Waals surface area contributed by atoms with Crippen LogP contribution in [0.4, 0.5) is 10.2 Å². The Morgan fingerprint density at radius 2 is 2.24 bits per heavy atom. The molecule has 5 heteroatoms. The molecule has 0 aliphatic carbocycles. The average molecular weight is 285 g/mol. The Labute approximate surface area is 122 Å². The predicted molar refractivity (Wildman–Crippen MR) is 79.1 cm³/mol. The van der Waals surface area contributed by atoms with Crippen LogP contribution in [0.1, 0.15) is 0 Å². The highest BCUT2D eigenvalue weighted by Crippen LogP contribution is 2.36. The third-order valence-corrected chi connectivity index (χ3v) is 4.07. The lowest BCUT2D eigenvalue weighted by Crippen LogP contribution is -2.56. The molecule has 0 bridgehead atoms. The van der Waals surface area contributed by atoms with Crippen LogP contribution in [0.25, 0.3) is 11.1 Å². The number of pyridine rings is 1. The number of anilines is 1. The maximum absolute atomic E-state index is 13.9. The highest BCUT2D eigenvalue weighted by Gasteiger charge is 2.30. The molecule has 1 aromatic carbocycles. The number of fused-ring (bicyclic) bond motifs is 3. The van der Waals surface area contributed by atoms with Gasteiger partial charge in [-0.05, 0) is 12.1 Å². The molecule has 1 atom stereocenters. The summed E-state index contributed by atoms with van der Waals surface area (Å²) in [5.41, 5.74) is 1.30. The zero-order valence-corrected chi connectivity index (χ0v) is 11.6. The molecule has 1 saturated heterocycles. The van der Waals surface area contributed by atoms with Crippen LogP contribution in [-0.4, -0.2) is 37.3 Å². The number of hydrogen-bond donors (Lipinski definition) is 1. The van der Waals surface area contributed by atoms with E-state index >= 15 is 0 Å². The summed E-state index contributed by atoms with van der Waals surface area (Å²) >= 11 is 0. The molecule has 2 aromatic rings. The second-order valence-corrected chi connectivity index (χ2v) is 5.39. The number of benzene rings is 1. The van der Waals surface area contributed by atoms with E-state index in [2.05, 4.69) is 15.2 Å². The van der Waals surface area contributed by atoms with Crippen LogP contribution in [0.15, 0.2) is 36.5 Å². The molecule has 1 N–H and O–H groups in total. The van der Waals surface area contributed by atoms with Gasteiger partial charge in [-0.2, -0.15) is 0 Å². The predicted octanol–water partition coefficient (Wildman–Crippen LogP) is 2.06. The molecule has 2 aliphatic heterocycles. The van der Waals surface area contributed by atoms with E-state index in [-0.39, 0.29) is 5.82 Å². The Balaban J connectivity index is 1.74. The Morgan fingerprint density at radius 3 is 3.14 bits per heavy atom. The van der Waals surface area contributed by atoms with E-state index in [4.69, 9.17) is 4.74 Å². The maximum atomic E-state index is 13.9. The first-order valence-electron chi connectivity index (χ1n) is 7.18. The Hall–Kier alpha value is -2.14. The summed E-state index contributed by atoms with van der Waals surface area (Å²) in [5.74, 6) is 1.37. The zero-order chi connectivity index (χ0) is 14.2. The van der Waals surface area contributed by atoms with Crippen molar-refractivity contribution in [3.05, 3.63) is 42.3 Å². The van der Waals surface area contributed by atoms with Crippen LogP contribution in [0, 0.1) is 5.82 Å². The van der Waals surface area contributed by atoms with Crippen molar-refractivity contribution < 1.29 is 9.13 Å².